The first-order chi connectivity index (χ1) is 6.36. The Labute approximate surface area is 77.9 Å². The molecule has 1 rings (SSSR count). The van der Waals surface area contributed by atoms with Crippen LogP contribution in [0.15, 0.2) is 24.3 Å². The molecular formula is C10H12N2O. The van der Waals surface area contributed by atoms with E-state index in [4.69, 9.17) is 10.1 Å². The predicted molar refractivity (Wildman–Crippen MR) is 49.6 cm³/mol. The molecule has 1 aromatic rings. The van der Waals surface area contributed by atoms with Crippen LogP contribution < -0.4 is 5.48 Å². The summed E-state index contributed by atoms with van der Waals surface area (Å²) in [6.45, 7) is 3.23. The summed E-state index contributed by atoms with van der Waals surface area (Å²) in [4.78, 5) is 5.11. The van der Waals surface area contributed by atoms with Gasteiger partial charge in [-0.2, -0.15) is 5.26 Å². The largest absolute Gasteiger partial charge is 0.297 e. The summed E-state index contributed by atoms with van der Waals surface area (Å²) in [5, 5.41) is 8.63. The smallest absolute Gasteiger partial charge is 0.0991 e. The van der Waals surface area contributed by atoms with Gasteiger partial charge < -0.3 is 0 Å². The van der Waals surface area contributed by atoms with Gasteiger partial charge in [0.15, 0.2) is 0 Å². The third-order valence-electron chi connectivity index (χ3n) is 1.54. The topological polar surface area (TPSA) is 45.0 Å². The number of rotatable bonds is 4. The van der Waals surface area contributed by atoms with Gasteiger partial charge in [-0.3, -0.25) is 4.84 Å². The summed E-state index contributed by atoms with van der Waals surface area (Å²) in [6.07, 6.45) is 0. The molecule has 0 saturated carbocycles. The minimum absolute atomic E-state index is 0.489. The molecule has 0 spiro atoms. The summed E-state index contributed by atoms with van der Waals surface area (Å²) in [7, 11) is 0. The number of nitriles is 1. The Morgan fingerprint density at radius 3 is 3.08 bits per heavy atom. The molecule has 0 aliphatic heterocycles. The van der Waals surface area contributed by atoms with Crippen molar-refractivity contribution in [2.75, 3.05) is 6.54 Å². The van der Waals surface area contributed by atoms with E-state index in [-0.39, 0.29) is 0 Å². The molecule has 3 heteroatoms. The lowest BCUT2D eigenvalue weighted by atomic mass is 10.1. The van der Waals surface area contributed by atoms with Gasteiger partial charge in [-0.1, -0.05) is 19.1 Å². The first kappa shape index (κ1) is 9.72. The van der Waals surface area contributed by atoms with E-state index in [1.165, 1.54) is 0 Å². The number of hydroxylamine groups is 1. The zero-order valence-electron chi connectivity index (χ0n) is 7.58. The van der Waals surface area contributed by atoms with Gasteiger partial charge in [0, 0.05) is 6.54 Å². The lowest BCUT2D eigenvalue weighted by molar-refractivity contribution is 0.0314. The number of nitrogens with zero attached hydrogens (tertiary/aromatic N) is 1. The van der Waals surface area contributed by atoms with Gasteiger partial charge in [-0.15, -0.1) is 0 Å². The van der Waals surface area contributed by atoms with Gasteiger partial charge in [-0.25, -0.2) is 5.48 Å². The van der Waals surface area contributed by atoms with Crippen LogP contribution in [0.1, 0.15) is 18.1 Å². The van der Waals surface area contributed by atoms with Gasteiger partial charge in [0.25, 0.3) is 0 Å². The Balaban J connectivity index is 2.52. The van der Waals surface area contributed by atoms with Crippen molar-refractivity contribution in [2.24, 2.45) is 0 Å². The molecule has 0 aliphatic carbocycles. The van der Waals surface area contributed by atoms with Crippen molar-refractivity contribution in [1.29, 1.82) is 5.26 Å². The van der Waals surface area contributed by atoms with Crippen LogP contribution in [0.3, 0.4) is 0 Å². The van der Waals surface area contributed by atoms with Gasteiger partial charge in [0.2, 0.25) is 0 Å². The summed E-state index contributed by atoms with van der Waals surface area (Å²) in [6, 6.07) is 9.45. The SMILES string of the molecule is CCNOCc1cccc(C#N)c1. The van der Waals surface area contributed by atoms with Crippen molar-refractivity contribution >= 4 is 0 Å². The van der Waals surface area contributed by atoms with Crippen LogP contribution in [-0.4, -0.2) is 6.54 Å². The Kier molecular flexibility index (Phi) is 3.97. The second-order valence-electron chi connectivity index (χ2n) is 2.60. The molecule has 0 radical (unpaired) electrons. The summed E-state index contributed by atoms with van der Waals surface area (Å²) >= 11 is 0. The molecular weight excluding hydrogens is 164 g/mol. The van der Waals surface area contributed by atoms with Crippen molar-refractivity contribution in [2.45, 2.75) is 13.5 Å². The van der Waals surface area contributed by atoms with E-state index in [0.717, 1.165) is 12.1 Å². The standard InChI is InChI=1S/C10H12N2O/c1-2-12-13-8-10-5-3-4-9(6-10)7-11/h3-6,12H,2,8H2,1H3. The first-order valence-corrected chi connectivity index (χ1v) is 4.20. The quantitative estimate of drug-likeness (QED) is 0.559. The van der Waals surface area contributed by atoms with E-state index in [1.807, 2.05) is 25.1 Å². The highest BCUT2D eigenvalue weighted by atomic mass is 16.6. The Morgan fingerprint density at radius 1 is 1.54 bits per heavy atom. The van der Waals surface area contributed by atoms with Crippen molar-refractivity contribution in [1.82, 2.24) is 5.48 Å². The lowest BCUT2D eigenvalue weighted by Gasteiger charge is -2.03. The molecule has 0 aliphatic rings. The number of hydrogen-bond donors (Lipinski definition) is 1. The van der Waals surface area contributed by atoms with E-state index in [9.17, 15) is 0 Å². The maximum Gasteiger partial charge on any atom is 0.0991 e. The van der Waals surface area contributed by atoms with Crippen LogP contribution in [0.4, 0.5) is 0 Å². The zero-order chi connectivity index (χ0) is 9.52. The molecule has 0 bridgehead atoms. The second-order valence-corrected chi connectivity index (χ2v) is 2.60. The molecule has 0 unspecified atom stereocenters. The highest BCUT2D eigenvalue weighted by molar-refractivity contribution is 5.32. The molecule has 3 nitrogen and oxygen atoms in total. The number of hydrogen-bond acceptors (Lipinski definition) is 3. The highest BCUT2D eigenvalue weighted by Crippen LogP contribution is 2.04. The Hall–Kier alpha value is -1.37. The first-order valence-electron chi connectivity index (χ1n) is 4.20. The van der Waals surface area contributed by atoms with Crippen LogP contribution in [-0.2, 0) is 11.4 Å². The average molecular weight is 176 g/mol. The molecule has 68 valence electrons. The molecule has 1 aromatic carbocycles. The molecule has 0 atom stereocenters. The van der Waals surface area contributed by atoms with Crippen molar-refractivity contribution in [3.05, 3.63) is 35.4 Å². The van der Waals surface area contributed by atoms with Gasteiger partial charge in [-0.05, 0) is 17.7 Å². The van der Waals surface area contributed by atoms with Crippen LogP contribution in [0, 0.1) is 11.3 Å². The Morgan fingerprint density at radius 2 is 2.38 bits per heavy atom. The van der Waals surface area contributed by atoms with E-state index in [1.54, 1.807) is 6.07 Å². The molecule has 0 fully saturated rings. The molecule has 13 heavy (non-hydrogen) atoms. The monoisotopic (exact) mass is 176 g/mol. The minimum atomic E-state index is 0.489. The van der Waals surface area contributed by atoms with Crippen molar-refractivity contribution in [3.63, 3.8) is 0 Å². The number of nitrogens with one attached hydrogen (secondary N) is 1. The normalized spacial score (nSPS) is 9.54. The van der Waals surface area contributed by atoms with E-state index < -0.39 is 0 Å². The summed E-state index contributed by atoms with van der Waals surface area (Å²) < 4.78 is 0. The van der Waals surface area contributed by atoms with E-state index in [2.05, 4.69) is 11.5 Å². The molecule has 0 amide bonds. The lowest BCUT2D eigenvalue weighted by Crippen LogP contribution is -2.12. The molecule has 0 aromatic heterocycles. The fourth-order valence-electron chi connectivity index (χ4n) is 0.967. The predicted octanol–water partition coefficient (Wildman–Crippen LogP) is 1.60. The van der Waals surface area contributed by atoms with Gasteiger partial charge in [0.05, 0.1) is 18.2 Å². The molecule has 0 heterocycles. The second kappa shape index (κ2) is 5.31. The minimum Gasteiger partial charge on any atom is -0.297 e. The summed E-state index contributed by atoms with van der Waals surface area (Å²) in [5.41, 5.74) is 4.42. The van der Waals surface area contributed by atoms with Crippen LogP contribution in [0.5, 0.6) is 0 Å². The fourth-order valence-corrected chi connectivity index (χ4v) is 0.967. The third kappa shape index (κ3) is 3.24. The fraction of sp³-hybridized carbons (Fsp3) is 0.300. The third-order valence-corrected chi connectivity index (χ3v) is 1.54. The maximum absolute atomic E-state index is 8.63. The van der Waals surface area contributed by atoms with E-state index in [0.29, 0.717) is 12.2 Å². The highest BCUT2D eigenvalue weighted by Gasteiger charge is 1.94. The Bertz CT molecular complexity index is 304. The van der Waals surface area contributed by atoms with Gasteiger partial charge in [0.1, 0.15) is 0 Å². The van der Waals surface area contributed by atoms with Gasteiger partial charge >= 0.3 is 0 Å². The van der Waals surface area contributed by atoms with Crippen LogP contribution in [0.2, 0.25) is 0 Å². The van der Waals surface area contributed by atoms with Crippen molar-refractivity contribution < 1.29 is 4.84 Å². The van der Waals surface area contributed by atoms with E-state index >= 15 is 0 Å². The molecule has 0 saturated heterocycles. The van der Waals surface area contributed by atoms with Crippen LogP contribution >= 0.6 is 0 Å². The summed E-state index contributed by atoms with van der Waals surface area (Å²) in [5.74, 6) is 0. The maximum atomic E-state index is 8.63. The molecule has 1 N–H and O–H groups in total. The number of benzene rings is 1. The van der Waals surface area contributed by atoms with Crippen molar-refractivity contribution in [3.8, 4) is 6.07 Å². The van der Waals surface area contributed by atoms with Crippen LogP contribution in [0.25, 0.3) is 0 Å². The average Bonchev–Trinajstić information content (AvgIpc) is 2.19. The zero-order valence-corrected chi connectivity index (χ0v) is 7.58.